The van der Waals surface area contributed by atoms with Gasteiger partial charge in [-0.25, -0.2) is 0 Å². The molecule has 0 saturated heterocycles. The molecular formula is C18H18N2O4. The van der Waals surface area contributed by atoms with E-state index in [1.54, 1.807) is 12.1 Å². The highest BCUT2D eigenvalue weighted by Gasteiger charge is 2.14. The lowest BCUT2D eigenvalue weighted by Gasteiger charge is -2.08. The third kappa shape index (κ3) is 4.04. The van der Waals surface area contributed by atoms with E-state index in [1.807, 2.05) is 37.3 Å². The van der Waals surface area contributed by atoms with E-state index in [-0.39, 0.29) is 25.0 Å². The van der Waals surface area contributed by atoms with Gasteiger partial charge in [0.15, 0.2) is 11.5 Å². The smallest absolute Gasteiger partial charge is 0.233 e. The van der Waals surface area contributed by atoms with Crippen LogP contribution in [0.2, 0.25) is 0 Å². The molecule has 2 N–H and O–H groups in total. The third-order valence-electron chi connectivity index (χ3n) is 3.55. The van der Waals surface area contributed by atoms with E-state index >= 15 is 0 Å². The van der Waals surface area contributed by atoms with Crippen LogP contribution in [0.4, 0.5) is 5.69 Å². The number of hydrogen-bond acceptors (Lipinski definition) is 4. The van der Waals surface area contributed by atoms with Crippen LogP contribution in [0.15, 0.2) is 42.5 Å². The van der Waals surface area contributed by atoms with Crippen LogP contribution in [0.25, 0.3) is 0 Å². The van der Waals surface area contributed by atoms with Gasteiger partial charge in [0, 0.05) is 12.2 Å². The fourth-order valence-electron chi connectivity index (χ4n) is 2.39. The average Bonchev–Trinajstić information content (AvgIpc) is 3.00. The minimum Gasteiger partial charge on any atom is -0.454 e. The van der Waals surface area contributed by atoms with Crippen molar-refractivity contribution in [3.8, 4) is 11.5 Å². The molecule has 24 heavy (non-hydrogen) atoms. The Hall–Kier alpha value is -3.02. The Balaban J connectivity index is 1.48. The Labute approximate surface area is 139 Å². The molecule has 0 atom stereocenters. The lowest BCUT2D eigenvalue weighted by atomic mass is 10.2. The first kappa shape index (κ1) is 15.9. The lowest BCUT2D eigenvalue weighted by molar-refractivity contribution is -0.126. The predicted molar refractivity (Wildman–Crippen MR) is 88.8 cm³/mol. The van der Waals surface area contributed by atoms with E-state index in [1.165, 1.54) is 0 Å². The van der Waals surface area contributed by atoms with Gasteiger partial charge in [0.2, 0.25) is 18.6 Å². The number of fused-ring (bicyclic) bond motifs is 1. The molecule has 0 fully saturated rings. The Morgan fingerprint density at radius 3 is 2.71 bits per heavy atom. The predicted octanol–water partition coefficient (Wildman–Crippen LogP) is 2.37. The fraction of sp³-hybridized carbons (Fsp3) is 0.222. The monoisotopic (exact) mass is 326 g/mol. The van der Waals surface area contributed by atoms with Crippen LogP contribution in [-0.4, -0.2) is 18.6 Å². The van der Waals surface area contributed by atoms with Crippen molar-refractivity contribution in [2.75, 3.05) is 12.1 Å². The Kier molecular flexibility index (Phi) is 4.65. The molecule has 3 rings (SSSR count). The first-order chi connectivity index (χ1) is 11.6. The first-order valence-corrected chi connectivity index (χ1v) is 7.62. The molecule has 1 aliphatic heterocycles. The summed E-state index contributed by atoms with van der Waals surface area (Å²) in [6.45, 7) is 2.48. The SMILES string of the molecule is Cc1cccc(NC(=O)CC(=O)NCc2ccc3c(c2)OCO3)c1. The van der Waals surface area contributed by atoms with Crippen LogP contribution >= 0.6 is 0 Å². The number of hydrogen-bond donors (Lipinski definition) is 2. The maximum Gasteiger partial charge on any atom is 0.233 e. The molecule has 0 radical (unpaired) electrons. The number of ether oxygens (including phenoxy) is 2. The van der Waals surface area contributed by atoms with Crippen LogP contribution in [0, 0.1) is 6.92 Å². The summed E-state index contributed by atoms with van der Waals surface area (Å²) in [4.78, 5) is 23.8. The number of amides is 2. The summed E-state index contributed by atoms with van der Waals surface area (Å²) in [5.74, 6) is 0.683. The van der Waals surface area contributed by atoms with E-state index in [4.69, 9.17) is 9.47 Å². The quantitative estimate of drug-likeness (QED) is 0.827. The molecule has 2 aromatic carbocycles. The highest BCUT2D eigenvalue weighted by molar-refractivity contribution is 6.03. The van der Waals surface area contributed by atoms with Crippen LogP contribution in [-0.2, 0) is 16.1 Å². The molecule has 0 saturated carbocycles. The summed E-state index contributed by atoms with van der Waals surface area (Å²) in [5, 5.41) is 5.43. The van der Waals surface area contributed by atoms with Gasteiger partial charge in [0.25, 0.3) is 0 Å². The van der Waals surface area contributed by atoms with Crippen molar-refractivity contribution in [3.05, 3.63) is 53.6 Å². The maximum absolute atomic E-state index is 11.9. The van der Waals surface area contributed by atoms with Crippen LogP contribution < -0.4 is 20.1 Å². The number of carbonyl (C=O) groups is 2. The van der Waals surface area contributed by atoms with Crippen LogP contribution in [0.3, 0.4) is 0 Å². The van der Waals surface area contributed by atoms with Gasteiger partial charge in [-0.1, -0.05) is 18.2 Å². The van der Waals surface area contributed by atoms with Gasteiger partial charge in [-0.2, -0.15) is 0 Å². The molecule has 1 heterocycles. The van der Waals surface area contributed by atoms with Crippen LogP contribution in [0.1, 0.15) is 17.5 Å². The number of aryl methyl sites for hydroxylation is 1. The molecule has 0 unspecified atom stereocenters. The van der Waals surface area contributed by atoms with E-state index in [0.717, 1.165) is 11.1 Å². The molecular weight excluding hydrogens is 308 g/mol. The van der Waals surface area contributed by atoms with E-state index < -0.39 is 0 Å². The second-order valence-electron chi connectivity index (χ2n) is 5.56. The molecule has 2 aromatic rings. The molecule has 124 valence electrons. The number of carbonyl (C=O) groups excluding carboxylic acids is 2. The van der Waals surface area contributed by atoms with Gasteiger partial charge < -0.3 is 20.1 Å². The lowest BCUT2D eigenvalue weighted by Crippen LogP contribution is -2.27. The topological polar surface area (TPSA) is 76.7 Å². The summed E-state index contributed by atoms with van der Waals surface area (Å²) in [6.07, 6.45) is -0.224. The van der Waals surface area contributed by atoms with Gasteiger partial charge in [-0.15, -0.1) is 0 Å². The summed E-state index contributed by atoms with van der Waals surface area (Å²) >= 11 is 0. The normalized spacial score (nSPS) is 11.9. The second kappa shape index (κ2) is 7.04. The van der Waals surface area contributed by atoms with E-state index in [0.29, 0.717) is 23.7 Å². The Morgan fingerprint density at radius 1 is 1.04 bits per heavy atom. The van der Waals surface area contributed by atoms with Crippen LogP contribution in [0.5, 0.6) is 11.5 Å². The molecule has 0 aromatic heterocycles. The van der Waals surface area contributed by atoms with E-state index in [9.17, 15) is 9.59 Å². The zero-order valence-corrected chi connectivity index (χ0v) is 13.3. The minimum absolute atomic E-state index is 0.213. The van der Waals surface area contributed by atoms with Gasteiger partial charge in [-0.05, 0) is 42.3 Å². The van der Waals surface area contributed by atoms with Crippen molar-refractivity contribution >= 4 is 17.5 Å². The summed E-state index contributed by atoms with van der Waals surface area (Å²) in [6, 6.07) is 12.9. The Bertz CT molecular complexity index is 773. The third-order valence-corrected chi connectivity index (χ3v) is 3.55. The molecule has 1 aliphatic rings. The zero-order valence-electron chi connectivity index (χ0n) is 13.3. The minimum atomic E-state index is -0.344. The summed E-state index contributed by atoms with van der Waals surface area (Å²) in [5.41, 5.74) is 2.61. The molecule has 6 nitrogen and oxygen atoms in total. The first-order valence-electron chi connectivity index (χ1n) is 7.62. The largest absolute Gasteiger partial charge is 0.454 e. The molecule has 6 heteroatoms. The zero-order chi connectivity index (χ0) is 16.9. The van der Waals surface area contributed by atoms with Gasteiger partial charge in [0.1, 0.15) is 6.42 Å². The number of anilines is 1. The molecule has 0 spiro atoms. The van der Waals surface area contributed by atoms with Crippen molar-refractivity contribution < 1.29 is 19.1 Å². The van der Waals surface area contributed by atoms with Crippen molar-refractivity contribution in [1.29, 1.82) is 0 Å². The molecule has 2 amide bonds. The number of rotatable bonds is 5. The van der Waals surface area contributed by atoms with Crippen molar-refractivity contribution in [3.63, 3.8) is 0 Å². The van der Waals surface area contributed by atoms with Gasteiger partial charge in [-0.3, -0.25) is 9.59 Å². The average molecular weight is 326 g/mol. The molecule has 0 bridgehead atoms. The van der Waals surface area contributed by atoms with Crippen molar-refractivity contribution in [2.45, 2.75) is 19.9 Å². The fourth-order valence-corrected chi connectivity index (χ4v) is 2.39. The van der Waals surface area contributed by atoms with Crippen molar-refractivity contribution in [1.82, 2.24) is 5.32 Å². The van der Waals surface area contributed by atoms with Crippen molar-refractivity contribution in [2.24, 2.45) is 0 Å². The maximum atomic E-state index is 11.9. The van der Waals surface area contributed by atoms with Gasteiger partial charge >= 0.3 is 0 Å². The second-order valence-corrected chi connectivity index (χ2v) is 5.56. The highest BCUT2D eigenvalue weighted by atomic mass is 16.7. The number of nitrogens with one attached hydrogen (secondary N) is 2. The molecule has 0 aliphatic carbocycles. The summed E-state index contributed by atoms with van der Waals surface area (Å²) in [7, 11) is 0. The van der Waals surface area contributed by atoms with E-state index in [2.05, 4.69) is 10.6 Å². The van der Waals surface area contributed by atoms with Gasteiger partial charge in [0.05, 0.1) is 0 Å². The Morgan fingerprint density at radius 2 is 1.88 bits per heavy atom. The number of benzene rings is 2. The standard InChI is InChI=1S/C18H18N2O4/c1-12-3-2-4-14(7-12)20-18(22)9-17(21)19-10-13-5-6-15-16(8-13)24-11-23-15/h2-8H,9-11H2,1H3,(H,19,21)(H,20,22). The summed E-state index contributed by atoms with van der Waals surface area (Å²) < 4.78 is 10.5. The highest BCUT2D eigenvalue weighted by Crippen LogP contribution is 2.32.